The average molecular weight is 745 g/mol. The summed E-state index contributed by atoms with van der Waals surface area (Å²) >= 11 is -0.487. The minimum absolute atomic E-state index is 0. The van der Waals surface area contributed by atoms with Crippen molar-refractivity contribution in [3.05, 3.63) is 0 Å². The second-order valence-corrected chi connectivity index (χ2v) is 5.76. The molecule has 14 heteroatoms. The molecule has 142 valence electrons. The predicted molar refractivity (Wildman–Crippen MR) is 175 cm³/mol. The zero-order valence-corrected chi connectivity index (χ0v) is 12.3. The molecule has 0 rings (SSSR count). The molecule has 0 fully saturated rings. The summed E-state index contributed by atoms with van der Waals surface area (Å²) in [7, 11) is 0. The van der Waals surface area contributed by atoms with Gasteiger partial charge in [-0.25, -0.2) is 0 Å². The zero-order chi connectivity index (χ0) is 11.9. The fourth-order valence-corrected chi connectivity index (χ4v) is 2.52. The van der Waals surface area contributed by atoms with E-state index in [4.69, 9.17) is 0 Å². The van der Waals surface area contributed by atoms with Gasteiger partial charge in [-0.15, -0.1) is 0 Å². The van der Waals surface area contributed by atoms with Crippen molar-refractivity contribution in [3.63, 3.8) is 0 Å². The van der Waals surface area contributed by atoms with Crippen molar-refractivity contribution < 1.29 is 3.80 Å². The van der Waals surface area contributed by atoms with Gasteiger partial charge in [0.15, 0.2) is 0 Å². The summed E-state index contributed by atoms with van der Waals surface area (Å²) in [4.78, 5) is 0. The van der Waals surface area contributed by atoms with Crippen LogP contribution in [0.3, 0.4) is 0 Å². The van der Waals surface area contributed by atoms with E-state index < -0.39 is 15.2 Å². The predicted octanol–water partition coefficient (Wildman–Crippen LogP) is -5.84. The molecule has 0 saturated carbocycles. The Bertz CT molecular complexity index is 164. The maximum atomic E-state index is 10.3. The summed E-state index contributed by atoms with van der Waals surface area (Å²) in [6.07, 6.45) is 16.6. The van der Waals surface area contributed by atoms with Crippen molar-refractivity contribution in [1.29, 1.82) is 0 Å². The van der Waals surface area contributed by atoms with Crippen LogP contribution in [0.1, 0.15) is 84.0 Å². The van der Waals surface area contributed by atoms with Gasteiger partial charge < -0.3 is 0 Å². The molecule has 0 aliphatic carbocycles. The molecule has 1 nitrogen and oxygen atoms in total. The first-order chi connectivity index (χ1) is 7.91. The molecule has 0 N–H and O–H groups in total. The van der Waals surface area contributed by atoms with E-state index in [1.165, 1.54) is 77.0 Å². The van der Waals surface area contributed by atoms with Crippen molar-refractivity contribution in [2.75, 3.05) is 0 Å². The van der Waals surface area contributed by atoms with Gasteiger partial charge >= 0.3 is 548 Å². The van der Waals surface area contributed by atoms with Crippen LogP contribution in [0.2, 0.25) is 5.28 Å². The van der Waals surface area contributed by atoms with E-state index >= 15 is 0 Å². The summed E-state index contributed by atoms with van der Waals surface area (Å²) < 4.78 is 10.3. The SMILES string of the molecule is CCCCCCCCCCCCC[CH2][Al]=[O].[CaH2].[CaH2].[CaH2].[CaH2].[CaH2].[CaH2].[CaH2].[CaH2].[CaH2].[CaH2].[CaH2].[CaH2]. The van der Waals surface area contributed by atoms with Crippen LogP contribution in [0.15, 0.2) is 0 Å². The third kappa shape index (κ3) is 83.8. The second kappa shape index (κ2) is 84.1. The molecule has 0 unspecified atom stereocenters. The zero-order valence-electron chi connectivity index (χ0n) is 11.2. The van der Waals surface area contributed by atoms with E-state index in [1.807, 2.05) is 0 Å². The molecule has 0 amide bonds. The monoisotopic (exact) mass is 744 g/mol. The van der Waals surface area contributed by atoms with Crippen LogP contribution in [0.4, 0.5) is 0 Å². The fourth-order valence-electron chi connectivity index (χ4n) is 2.07. The van der Waals surface area contributed by atoms with Crippen molar-refractivity contribution in [3.8, 4) is 0 Å². The van der Waals surface area contributed by atoms with Gasteiger partial charge in [0.2, 0.25) is 0 Å². The number of rotatable bonds is 13. The number of hydrogen-bond donors (Lipinski definition) is 0. The quantitative estimate of drug-likeness (QED) is 0.136. The van der Waals surface area contributed by atoms with E-state index in [-0.39, 0.29) is 453 Å². The van der Waals surface area contributed by atoms with Gasteiger partial charge in [-0.1, -0.05) is 13.3 Å². The molecule has 0 aromatic rings. The van der Waals surface area contributed by atoms with Crippen LogP contribution in [-0.2, 0) is 3.80 Å². The third-order valence-corrected chi connectivity index (χ3v) is 3.82. The normalized spacial score (nSPS) is 5.89. The second-order valence-electron chi connectivity index (χ2n) is 4.84. The Kier molecular flexibility index (Phi) is 254. The molecule has 0 radical (unpaired) electrons. The van der Waals surface area contributed by atoms with Gasteiger partial charge in [0.05, 0.1) is 0 Å². The maximum absolute atomic E-state index is 10.3. The third-order valence-electron chi connectivity index (χ3n) is 3.18. The summed E-state index contributed by atoms with van der Waals surface area (Å²) in [5.41, 5.74) is 0. The molecule has 0 aliphatic heterocycles. The van der Waals surface area contributed by atoms with E-state index in [1.54, 1.807) is 0 Å². The summed E-state index contributed by atoms with van der Waals surface area (Å²) in [6, 6.07) is 0. The van der Waals surface area contributed by atoms with Crippen LogP contribution >= 0.6 is 0 Å². The van der Waals surface area contributed by atoms with Crippen LogP contribution in [0.5, 0.6) is 0 Å². The summed E-state index contributed by atoms with van der Waals surface area (Å²) in [6.45, 7) is 2.27. The first-order valence-electron chi connectivity index (χ1n) is 7.35. The summed E-state index contributed by atoms with van der Waals surface area (Å²) in [5, 5.41) is 0.970. The first kappa shape index (κ1) is 84.4. The number of hydrogen-bond acceptors (Lipinski definition) is 1. The molecule has 0 bridgehead atoms. The molecule has 0 aromatic carbocycles. The van der Waals surface area contributed by atoms with Gasteiger partial charge in [0.1, 0.15) is 0 Å². The Balaban J connectivity index is -0.0000000170. The van der Waals surface area contributed by atoms with Crippen molar-refractivity contribution >= 4 is 468 Å². The molecule has 0 heterocycles. The molecule has 0 aromatic heterocycles. The fraction of sp³-hybridized carbons (Fsp3) is 1.00. The Morgan fingerprint density at radius 3 is 0.821 bits per heavy atom. The van der Waals surface area contributed by atoms with Gasteiger partial charge in [-0.2, -0.15) is 0 Å². The molecule has 0 spiro atoms. The van der Waals surface area contributed by atoms with Crippen molar-refractivity contribution in [2.24, 2.45) is 0 Å². The van der Waals surface area contributed by atoms with E-state index in [0.717, 1.165) is 5.28 Å². The molecule has 28 heavy (non-hydrogen) atoms. The Morgan fingerprint density at radius 2 is 0.607 bits per heavy atom. The van der Waals surface area contributed by atoms with Gasteiger partial charge in [-0.3, -0.25) is 0 Å². The standard InChI is InChI=1S/C14H29.Al.12Ca.O.24H/c1-3-5-7-9-11-13-14-12-10-8-6-4-2;;;;;;;;;;;;;;;;;;;;;;;;;;;;;;;;;;;;;;/h1,3-14H2,2H3;;;;;;;;;;;;;;;;;;;;;;;;;;;;;;;;;;;;;;. The Hall–Kier alpha value is 15.4. The number of unbranched alkanes of at least 4 members (excludes halogenated alkanes) is 11. The Morgan fingerprint density at radius 1 is 0.393 bits per heavy atom. The minimum atomic E-state index is -0.487. The summed E-state index contributed by atoms with van der Waals surface area (Å²) in [5.74, 6) is 0. The van der Waals surface area contributed by atoms with Crippen LogP contribution in [0, 0.1) is 0 Å². The molecule has 0 saturated heterocycles. The van der Waals surface area contributed by atoms with Crippen molar-refractivity contribution in [1.82, 2.24) is 0 Å². The molecule has 0 aliphatic rings. The first-order valence-corrected chi connectivity index (χ1v) is 8.64. The topological polar surface area (TPSA) is 17.1 Å². The van der Waals surface area contributed by atoms with E-state index in [9.17, 15) is 3.80 Å². The van der Waals surface area contributed by atoms with E-state index in [0.29, 0.717) is 0 Å². The van der Waals surface area contributed by atoms with Gasteiger partial charge in [0.25, 0.3) is 0 Å². The molecule has 0 atom stereocenters. The molecular formula is C14H53AlCa12O. The van der Waals surface area contributed by atoms with Crippen LogP contribution in [-0.4, -0.2) is 468 Å². The average Bonchev–Trinajstić information content (AvgIpc) is 2.31. The molecular weight excluding hydrogens is 692 g/mol. The van der Waals surface area contributed by atoms with Crippen LogP contribution in [0.25, 0.3) is 0 Å². The van der Waals surface area contributed by atoms with E-state index in [2.05, 4.69) is 6.92 Å². The van der Waals surface area contributed by atoms with Gasteiger partial charge in [0, 0.05) is 0 Å². The van der Waals surface area contributed by atoms with Crippen LogP contribution < -0.4 is 0 Å². The van der Waals surface area contributed by atoms with Crippen molar-refractivity contribution in [2.45, 2.75) is 89.3 Å². The Labute approximate surface area is 542 Å². The van der Waals surface area contributed by atoms with Gasteiger partial charge in [-0.05, 0) is 0 Å².